The van der Waals surface area contributed by atoms with Crippen LogP contribution in [0.3, 0.4) is 0 Å². The Morgan fingerprint density at radius 3 is 2.75 bits per heavy atom. The molecular weight excluding hydrogens is 257 g/mol. The molecule has 1 N–H and O–H groups in total. The summed E-state index contributed by atoms with van der Waals surface area (Å²) in [6, 6.07) is 3.27. The van der Waals surface area contributed by atoms with Crippen LogP contribution in [-0.2, 0) is 4.74 Å². The van der Waals surface area contributed by atoms with E-state index in [1.807, 2.05) is 6.07 Å². The van der Waals surface area contributed by atoms with Gasteiger partial charge in [0.2, 0.25) is 0 Å². The van der Waals surface area contributed by atoms with Gasteiger partial charge in [0, 0.05) is 31.5 Å². The summed E-state index contributed by atoms with van der Waals surface area (Å²) >= 11 is 0. The number of ether oxygens (including phenoxy) is 1. The van der Waals surface area contributed by atoms with Crippen molar-refractivity contribution in [1.29, 1.82) is 0 Å². The Morgan fingerprint density at radius 1 is 1.45 bits per heavy atom. The number of nitrogens with zero attached hydrogens (tertiary/aromatic N) is 1. The first kappa shape index (κ1) is 15.0. The topological polar surface area (TPSA) is 32.7 Å². The fourth-order valence-electron chi connectivity index (χ4n) is 2.54. The molecule has 0 fully saturated rings. The van der Waals surface area contributed by atoms with Crippen LogP contribution < -0.4 is 4.90 Å². The van der Waals surface area contributed by atoms with Gasteiger partial charge in [-0.1, -0.05) is 6.08 Å². The molecule has 20 heavy (non-hydrogen) atoms. The van der Waals surface area contributed by atoms with Gasteiger partial charge in [0.15, 0.2) is 0 Å². The second-order valence-electron chi connectivity index (χ2n) is 5.33. The molecule has 3 nitrogen and oxygen atoms in total. The molecule has 2 rings (SSSR count). The lowest BCUT2D eigenvalue weighted by Crippen LogP contribution is -2.30. The summed E-state index contributed by atoms with van der Waals surface area (Å²) in [4.78, 5) is 2.17. The van der Waals surface area contributed by atoms with E-state index in [9.17, 15) is 9.50 Å². The lowest BCUT2D eigenvalue weighted by atomic mass is 10.0. The molecule has 1 heterocycles. The highest BCUT2D eigenvalue weighted by molar-refractivity contribution is 5.58. The van der Waals surface area contributed by atoms with E-state index in [1.165, 1.54) is 11.6 Å². The average molecular weight is 279 g/mol. The fraction of sp³-hybridized carbons (Fsp3) is 0.500. The van der Waals surface area contributed by atoms with Gasteiger partial charge in [-0.15, -0.1) is 0 Å². The smallest absolute Gasteiger partial charge is 0.126 e. The number of rotatable bonds is 4. The average Bonchev–Trinajstić information content (AvgIpc) is 2.42. The second-order valence-corrected chi connectivity index (χ2v) is 5.33. The van der Waals surface area contributed by atoms with E-state index in [4.69, 9.17) is 4.74 Å². The third-order valence-electron chi connectivity index (χ3n) is 3.73. The molecule has 0 unspecified atom stereocenters. The monoisotopic (exact) mass is 279 g/mol. The van der Waals surface area contributed by atoms with Gasteiger partial charge in [-0.2, -0.15) is 0 Å². The molecule has 0 aromatic heterocycles. The molecule has 0 amide bonds. The van der Waals surface area contributed by atoms with Gasteiger partial charge in [-0.25, -0.2) is 4.39 Å². The quantitative estimate of drug-likeness (QED) is 0.860. The second kappa shape index (κ2) is 6.37. The molecule has 0 saturated carbocycles. The van der Waals surface area contributed by atoms with Gasteiger partial charge in [0.05, 0.1) is 12.7 Å². The summed E-state index contributed by atoms with van der Waals surface area (Å²) < 4.78 is 18.8. The van der Waals surface area contributed by atoms with Crippen molar-refractivity contribution in [3.63, 3.8) is 0 Å². The van der Waals surface area contributed by atoms with E-state index >= 15 is 0 Å². The van der Waals surface area contributed by atoms with Crippen LogP contribution in [0, 0.1) is 12.7 Å². The molecule has 1 aliphatic rings. The first-order valence-electron chi connectivity index (χ1n) is 6.92. The van der Waals surface area contributed by atoms with E-state index in [0.717, 1.165) is 25.2 Å². The minimum absolute atomic E-state index is 0.266. The Labute approximate surface area is 119 Å². The zero-order valence-corrected chi connectivity index (χ0v) is 12.3. The van der Waals surface area contributed by atoms with Gasteiger partial charge in [0.25, 0.3) is 0 Å². The van der Waals surface area contributed by atoms with E-state index in [1.54, 1.807) is 21.0 Å². The predicted octanol–water partition coefficient (Wildman–Crippen LogP) is 2.97. The Hall–Kier alpha value is -1.39. The van der Waals surface area contributed by atoms with Crippen LogP contribution in [0.25, 0.3) is 0 Å². The molecule has 4 heteroatoms. The molecule has 1 aromatic carbocycles. The summed E-state index contributed by atoms with van der Waals surface area (Å²) in [6.07, 6.45) is 2.41. The Kier molecular flexibility index (Phi) is 4.78. The molecule has 110 valence electrons. The fourth-order valence-corrected chi connectivity index (χ4v) is 2.54. The summed E-state index contributed by atoms with van der Waals surface area (Å²) in [5.74, 6) is -0.266. The molecule has 0 bridgehead atoms. The van der Waals surface area contributed by atoms with E-state index < -0.39 is 6.10 Å². The van der Waals surface area contributed by atoms with Crippen molar-refractivity contribution in [3.8, 4) is 0 Å². The number of aliphatic hydroxyl groups excluding tert-OH is 1. The number of aliphatic hydroxyl groups is 1. The standard InChI is InChI=1S/C16H22FNO2/c1-11-8-16(14(12(2)19)9-15(11)17)18-6-4-13(5-7-18)10-20-3/h4,8-9,12,19H,5-7,10H2,1-3H3/t12-/m1/s1. The van der Waals surface area contributed by atoms with Crippen LogP contribution in [0.15, 0.2) is 23.8 Å². The number of aryl methyl sites for hydroxylation is 1. The van der Waals surface area contributed by atoms with Gasteiger partial charge in [-0.3, -0.25) is 0 Å². The first-order chi connectivity index (χ1) is 9.52. The molecule has 1 atom stereocenters. The largest absolute Gasteiger partial charge is 0.389 e. The van der Waals surface area contributed by atoms with Gasteiger partial charge in [-0.05, 0) is 43.5 Å². The highest BCUT2D eigenvalue weighted by Gasteiger charge is 2.19. The first-order valence-corrected chi connectivity index (χ1v) is 6.92. The number of methoxy groups -OCH3 is 1. The lowest BCUT2D eigenvalue weighted by molar-refractivity contribution is 0.199. The van der Waals surface area contributed by atoms with Crippen molar-refractivity contribution >= 4 is 5.69 Å². The van der Waals surface area contributed by atoms with Crippen LogP contribution in [0.2, 0.25) is 0 Å². The minimum Gasteiger partial charge on any atom is -0.389 e. The Balaban J connectivity index is 2.27. The molecular formula is C16H22FNO2. The van der Waals surface area contributed by atoms with Crippen molar-refractivity contribution in [2.75, 3.05) is 31.7 Å². The Morgan fingerprint density at radius 2 is 2.20 bits per heavy atom. The zero-order valence-electron chi connectivity index (χ0n) is 12.3. The van der Waals surface area contributed by atoms with E-state index in [2.05, 4.69) is 11.0 Å². The molecule has 0 aliphatic carbocycles. The van der Waals surface area contributed by atoms with Crippen LogP contribution in [-0.4, -0.2) is 31.9 Å². The number of anilines is 1. The highest BCUT2D eigenvalue weighted by Crippen LogP contribution is 2.31. The summed E-state index contributed by atoms with van der Waals surface area (Å²) in [5.41, 5.74) is 3.47. The van der Waals surface area contributed by atoms with Crippen LogP contribution in [0.5, 0.6) is 0 Å². The van der Waals surface area contributed by atoms with E-state index in [-0.39, 0.29) is 5.82 Å². The van der Waals surface area contributed by atoms with Crippen molar-refractivity contribution in [3.05, 3.63) is 40.7 Å². The molecule has 1 aliphatic heterocycles. The number of halogens is 1. The van der Waals surface area contributed by atoms with Crippen LogP contribution in [0.4, 0.5) is 10.1 Å². The molecule has 0 radical (unpaired) electrons. The molecule has 1 aromatic rings. The maximum Gasteiger partial charge on any atom is 0.126 e. The van der Waals surface area contributed by atoms with E-state index in [0.29, 0.717) is 17.7 Å². The van der Waals surface area contributed by atoms with Crippen molar-refractivity contribution in [2.45, 2.75) is 26.4 Å². The van der Waals surface area contributed by atoms with Gasteiger partial charge < -0.3 is 14.7 Å². The minimum atomic E-state index is -0.676. The predicted molar refractivity (Wildman–Crippen MR) is 78.6 cm³/mol. The van der Waals surface area contributed by atoms with Crippen molar-refractivity contribution in [1.82, 2.24) is 0 Å². The highest BCUT2D eigenvalue weighted by atomic mass is 19.1. The number of benzene rings is 1. The number of hydrogen-bond acceptors (Lipinski definition) is 3. The third-order valence-corrected chi connectivity index (χ3v) is 3.73. The molecule has 0 saturated heterocycles. The van der Waals surface area contributed by atoms with Gasteiger partial charge in [0.1, 0.15) is 5.82 Å². The van der Waals surface area contributed by atoms with Crippen LogP contribution in [0.1, 0.15) is 30.6 Å². The van der Waals surface area contributed by atoms with Gasteiger partial charge >= 0.3 is 0 Å². The lowest BCUT2D eigenvalue weighted by Gasteiger charge is -2.31. The normalized spacial score (nSPS) is 17.1. The summed E-state index contributed by atoms with van der Waals surface area (Å²) in [7, 11) is 1.70. The maximum atomic E-state index is 13.7. The zero-order chi connectivity index (χ0) is 14.7. The third kappa shape index (κ3) is 3.19. The summed E-state index contributed by atoms with van der Waals surface area (Å²) in [5, 5.41) is 9.86. The maximum absolute atomic E-state index is 13.7. The summed E-state index contributed by atoms with van der Waals surface area (Å²) in [6.45, 7) is 5.72. The van der Waals surface area contributed by atoms with Crippen molar-refractivity contribution < 1.29 is 14.2 Å². The van der Waals surface area contributed by atoms with Crippen LogP contribution >= 0.6 is 0 Å². The Bertz CT molecular complexity index is 511. The molecule has 0 spiro atoms. The number of hydrogen-bond donors (Lipinski definition) is 1. The SMILES string of the molecule is COCC1=CCN(c2cc(C)c(F)cc2[C@@H](C)O)CC1. The van der Waals surface area contributed by atoms with Crippen molar-refractivity contribution in [2.24, 2.45) is 0 Å².